The Kier molecular flexibility index (Phi) is 7.66. The van der Waals surface area contributed by atoms with Gasteiger partial charge in [-0.05, 0) is 43.7 Å². The van der Waals surface area contributed by atoms with Crippen LogP contribution in [0.25, 0.3) is 0 Å². The van der Waals surface area contributed by atoms with Crippen molar-refractivity contribution in [2.75, 3.05) is 14.2 Å². The minimum Gasteiger partial charge on any atom is -0.493 e. The molecule has 6 nitrogen and oxygen atoms in total. The van der Waals surface area contributed by atoms with Crippen LogP contribution in [0, 0.1) is 6.92 Å². The lowest BCUT2D eigenvalue weighted by Crippen LogP contribution is -2.37. The highest BCUT2D eigenvalue weighted by Crippen LogP contribution is 2.39. The summed E-state index contributed by atoms with van der Waals surface area (Å²) in [7, 11) is -0.892. The number of halogens is 2. The summed E-state index contributed by atoms with van der Waals surface area (Å²) < 4.78 is 39.7. The first-order valence-electron chi connectivity index (χ1n) is 8.25. The lowest BCUT2D eigenvalue weighted by Gasteiger charge is -2.25. The number of alkyl halides is 1. The van der Waals surface area contributed by atoms with E-state index < -0.39 is 20.9 Å². The van der Waals surface area contributed by atoms with Crippen LogP contribution < -0.4 is 14.2 Å². The maximum absolute atomic E-state index is 12.9. The van der Waals surface area contributed by atoms with E-state index in [0.717, 1.165) is 5.56 Å². The predicted molar refractivity (Wildman–Crippen MR) is 115 cm³/mol. The normalized spacial score (nSPS) is 13.6. The molecule has 0 spiro atoms. The fourth-order valence-electron chi connectivity index (χ4n) is 2.58. The van der Waals surface area contributed by atoms with Crippen LogP contribution >= 0.6 is 31.9 Å². The number of aryl methyl sites for hydroxylation is 1. The molecule has 0 aliphatic carbocycles. The van der Waals surface area contributed by atoms with Gasteiger partial charge in [0.2, 0.25) is 10.0 Å². The molecular weight excluding hydrogens is 514 g/mol. The van der Waals surface area contributed by atoms with Crippen LogP contribution in [0.15, 0.2) is 45.8 Å². The van der Waals surface area contributed by atoms with Gasteiger partial charge in [0.05, 0.1) is 30.0 Å². The number of Topliss-reactive ketones (excluding diaryl/α,β-unsaturated/α-hetero) is 1. The molecule has 0 bridgehead atoms. The fourth-order valence-corrected chi connectivity index (χ4v) is 4.97. The Bertz CT molecular complexity index is 961. The van der Waals surface area contributed by atoms with Crippen LogP contribution in [0.1, 0.15) is 24.1 Å². The zero-order chi connectivity index (χ0) is 21.1. The van der Waals surface area contributed by atoms with Crippen molar-refractivity contribution in [2.45, 2.75) is 29.6 Å². The SMILES string of the molecule is COc1cc(Br)c([C@@H](NS(=O)(=O)c2ccc(C)cc2)[C@@H](Br)C(C)=O)cc1OC. The summed E-state index contributed by atoms with van der Waals surface area (Å²) in [6, 6.07) is 8.91. The van der Waals surface area contributed by atoms with Gasteiger partial charge in [0.1, 0.15) is 5.78 Å². The Morgan fingerprint density at radius 3 is 2.11 bits per heavy atom. The van der Waals surface area contributed by atoms with Gasteiger partial charge in [-0.25, -0.2) is 13.1 Å². The Morgan fingerprint density at radius 1 is 1.07 bits per heavy atom. The fraction of sp³-hybridized carbons (Fsp3) is 0.316. The van der Waals surface area contributed by atoms with Crippen LogP contribution in [-0.2, 0) is 14.8 Å². The highest BCUT2D eigenvalue weighted by Gasteiger charge is 2.32. The third kappa shape index (κ3) is 5.14. The summed E-state index contributed by atoms with van der Waals surface area (Å²) >= 11 is 6.77. The second-order valence-electron chi connectivity index (χ2n) is 6.15. The van der Waals surface area contributed by atoms with Crippen molar-refractivity contribution >= 4 is 47.7 Å². The van der Waals surface area contributed by atoms with Crippen molar-refractivity contribution < 1.29 is 22.7 Å². The highest BCUT2D eigenvalue weighted by molar-refractivity contribution is 9.10. The number of carbonyl (C=O) groups excluding carboxylic acids is 1. The van der Waals surface area contributed by atoms with E-state index in [9.17, 15) is 13.2 Å². The minimum atomic E-state index is -3.88. The van der Waals surface area contributed by atoms with Crippen LogP contribution in [0.2, 0.25) is 0 Å². The molecule has 1 N–H and O–H groups in total. The molecule has 0 fully saturated rings. The van der Waals surface area contributed by atoms with E-state index in [0.29, 0.717) is 21.5 Å². The second-order valence-corrected chi connectivity index (χ2v) is 9.71. The summed E-state index contributed by atoms with van der Waals surface area (Å²) in [5, 5.41) is 0. The number of carbonyl (C=O) groups is 1. The Labute approximate surface area is 181 Å². The monoisotopic (exact) mass is 533 g/mol. The van der Waals surface area contributed by atoms with Crippen molar-refractivity contribution in [3.05, 3.63) is 52.0 Å². The second kappa shape index (κ2) is 9.39. The average Bonchev–Trinajstić information content (AvgIpc) is 2.65. The van der Waals surface area contributed by atoms with Crippen molar-refractivity contribution in [3.63, 3.8) is 0 Å². The van der Waals surface area contributed by atoms with Crippen LogP contribution in [0.4, 0.5) is 0 Å². The Morgan fingerprint density at radius 2 is 1.61 bits per heavy atom. The van der Waals surface area contributed by atoms with Crippen LogP contribution in [0.3, 0.4) is 0 Å². The van der Waals surface area contributed by atoms with Crippen LogP contribution in [-0.4, -0.2) is 33.2 Å². The molecule has 0 radical (unpaired) electrons. The van der Waals surface area contributed by atoms with E-state index in [-0.39, 0.29) is 10.7 Å². The molecule has 2 rings (SSSR count). The van der Waals surface area contributed by atoms with Crippen molar-refractivity contribution in [1.82, 2.24) is 4.72 Å². The van der Waals surface area contributed by atoms with E-state index in [1.54, 1.807) is 24.3 Å². The molecule has 0 aliphatic rings. The van der Waals surface area contributed by atoms with Gasteiger partial charge in [-0.2, -0.15) is 0 Å². The topological polar surface area (TPSA) is 81.7 Å². The number of hydrogen-bond acceptors (Lipinski definition) is 5. The molecule has 0 unspecified atom stereocenters. The van der Waals surface area contributed by atoms with Crippen molar-refractivity contribution in [1.29, 1.82) is 0 Å². The van der Waals surface area contributed by atoms with Gasteiger partial charge in [0.25, 0.3) is 0 Å². The molecule has 0 heterocycles. The standard InChI is InChI=1S/C19H21Br2NO5S/c1-11-5-7-13(8-6-11)28(24,25)22-19(18(21)12(2)23)14-9-16(26-3)17(27-4)10-15(14)20/h5-10,18-19,22H,1-4H3/t18-,19+/m0/s1. The maximum atomic E-state index is 12.9. The van der Waals surface area contributed by atoms with Crippen molar-refractivity contribution in [3.8, 4) is 11.5 Å². The molecule has 2 aromatic rings. The maximum Gasteiger partial charge on any atom is 0.241 e. The summed E-state index contributed by atoms with van der Waals surface area (Å²) in [6.45, 7) is 3.26. The van der Waals surface area contributed by atoms with Crippen molar-refractivity contribution in [2.24, 2.45) is 0 Å². The van der Waals surface area contributed by atoms with E-state index >= 15 is 0 Å². The number of methoxy groups -OCH3 is 2. The number of rotatable bonds is 8. The molecule has 0 aliphatic heterocycles. The average molecular weight is 535 g/mol. The van der Waals surface area contributed by atoms with Gasteiger partial charge in [0, 0.05) is 4.47 Å². The number of sulfonamides is 1. The number of nitrogens with one attached hydrogen (secondary N) is 1. The molecular formula is C19H21Br2NO5S. The van der Waals surface area contributed by atoms with Gasteiger partial charge >= 0.3 is 0 Å². The number of ketones is 1. The van der Waals surface area contributed by atoms with Gasteiger partial charge in [-0.3, -0.25) is 4.79 Å². The molecule has 0 amide bonds. The third-order valence-electron chi connectivity index (χ3n) is 4.13. The molecule has 0 aromatic heterocycles. The van der Waals surface area contributed by atoms with Crippen LogP contribution in [0.5, 0.6) is 11.5 Å². The van der Waals surface area contributed by atoms with E-state index in [1.807, 2.05) is 6.92 Å². The Balaban J connectivity index is 2.55. The van der Waals surface area contributed by atoms with E-state index in [4.69, 9.17) is 9.47 Å². The smallest absolute Gasteiger partial charge is 0.241 e. The summed E-state index contributed by atoms with van der Waals surface area (Å²) in [4.78, 5) is 11.4. The molecule has 0 saturated carbocycles. The summed E-state index contributed by atoms with van der Waals surface area (Å²) in [6.07, 6.45) is 0. The first-order chi connectivity index (χ1) is 13.1. The number of ether oxygens (including phenoxy) is 2. The first-order valence-corrected chi connectivity index (χ1v) is 11.4. The highest BCUT2D eigenvalue weighted by atomic mass is 79.9. The molecule has 28 heavy (non-hydrogen) atoms. The van der Waals surface area contributed by atoms with Gasteiger partial charge in [0.15, 0.2) is 11.5 Å². The summed E-state index contributed by atoms with van der Waals surface area (Å²) in [5.41, 5.74) is 1.48. The van der Waals surface area contributed by atoms with E-state index in [2.05, 4.69) is 36.6 Å². The number of benzene rings is 2. The first kappa shape index (κ1) is 22.9. The number of hydrogen-bond donors (Lipinski definition) is 1. The molecule has 2 atom stereocenters. The molecule has 2 aromatic carbocycles. The zero-order valence-corrected chi connectivity index (χ0v) is 19.8. The zero-order valence-electron chi connectivity index (χ0n) is 15.8. The van der Waals surface area contributed by atoms with E-state index in [1.165, 1.54) is 33.3 Å². The molecule has 152 valence electrons. The molecule has 9 heteroatoms. The summed E-state index contributed by atoms with van der Waals surface area (Å²) in [5.74, 6) is 0.675. The predicted octanol–water partition coefficient (Wildman–Crippen LogP) is 4.15. The van der Waals surface area contributed by atoms with Gasteiger partial charge in [-0.1, -0.05) is 49.6 Å². The minimum absolute atomic E-state index is 0.114. The quantitative estimate of drug-likeness (QED) is 0.514. The lowest BCUT2D eigenvalue weighted by molar-refractivity contribution is -0.116. The van der Waals surface area contributed by atoms with Gasteiger partial charge in [-0.15, -0.1) is 0 Å². The molecule has 0 saturated heterocycles. The largest absolute Gasteiger partial charge is 0.493 e. The lowest BCUT2D eigenvalue weighted by atomic mass is 10.0. The third-order valence-corrected chi connectivity index (χ3v) is 7.45. The van der Waals surface area contributed by atoms with Gasteiger partial charge < -0.3 is 9.47 Å². The Hall–Kier alpha value is -1.42.